The molecule has 22 heavy (non-hydrogen) atoms. The molecule has 1 heterocycles. The van der Waals surface area contributed by atoms with Crippen LogP contribution in [0.25, 0.3) is 0 Å². The Bertz CT molecular complexity index is 499. The van der Waals surface area contributed by atoms with Crippen LogP contribution in [0.1, 0.15) is 31.4 Å². The summed E-state index contributed by atoms with van der Waals surface area (Å²) in [6.45, 7) is 1.92. The van der Waals surface area contributed by atoms with Crippen molar-refractivity contribution >= 4 is 17.7 Å². The maximum absolute atomic E-state index is 11.8. The lowest BCUT2D eigenvalue weighted by molar-refractivity contribution is -0.153. The molecule has 1 aromatic rings. The summed E-state index contributed by atoms with van der Waals surface area (Å²) in [7, 11) is 1.54. The molecule has 5 nitrogen and oxygen atoms in total. The Morgan fingerprint density at radius 1 is 1.41 bits per heavy atom. The van der Waals surface area contributed by atoms with E-state index in [0.717, 1.165) is 24.3 Å². The van der Waals surface area contributed by atoms with E-state index in [0.29, 0.717) is 17.1 Å². The number of esters is 1. The van der Waals surface area contributed by atoms with Crippen LogP contribution < -0.4 is 9.47 Å². The Morgan fingerprint density at radius 2 is 2.14 bits per heavy atom. The highest BCUT2D eigenvalue weighted by Crippen LogP contribution is 2.37. The Balaban J connectivity index is 2.26. The second-order valence-electron chi connectivity index (χ2n) is 4.96. The SMILES string of the molecule is CCOC(=O)C(O)c1cccc(OC)c1OC1CCSCC1. The second-order valence-corrected chi connectivity index (χ2v) is 6.19. The van der Waals surface area contributed by atoms with Gasteiger partial charge in [0.05, 0.1) is 13.7 Å². The van der Waals surface area contributed by atoms with Crippen LogP contribution in [0, 0.1) is 0 Å². The first-order chi connectivity index (χ1) is 10.7. The normalized spacial score (nSPS) is 16.9. The summed E-state index contributed by atoms with van der Waals surface area (Å²) >= 11 is 1.91. The molecule has 2 rings (SSSR count). The van der Waals surface area contributed by atoms with Gasteiger partial charge in [-0.25, -0.2) is 4.79 Å². The fourth-order valence-electron chi connectivity index (χ4n) is 2.34. The third-order valence-corrected chi connectivity index (χ3v) is 4.54. The van der Waals surface area contributed by atoms with Gasteiger partial charge in [-0.3, -0.25) is 0 Å². The molecular formula is C16H22O5S. The Kier molecular flexibility index (Phi) is 6.39. The number of methoxy groups -OCH3 is 1. The highest BCUT2D eigenvalue weighted by Gasteiger charge is 2.27. The monoisotopic (exact) mass is 326 g/mol. The second kappa shape index (κ2) is 8.29. The molecule has 0 aromatic heterocycles. The number of para-hydroxylation sites is 1. The topological polar surface area (TPSA) is 65.0 Å². The molecule has 0 spiro atoms. The predicted molar refractivity (Wildman–Crippen MR) is 85.6 cm³/mol. The fraction of sp³-hybridized carbons (Fsp3) is 0.562. The van der Waals surface area contributed by atoms with Crippen molar-refractivity contribution in [1.29, 1.82) is 0 Å². The third-order valence-electron chi connectivity index (χ3n) is 3.49. The smallest absolute Gasteiger partial charge is 0.339 e. The Labute approximate surface area is 134 Å². The number of benzene rings is 1. The van der Waals surface area contributed by atoms with Crippen molar-refractivity contribution in [3.63, 3.8) is 0 Å². The molecule has 1 unspecified atom stereocenters. The molecular weight excluding hydrogens is 304 g/mol. The van der Waals surface area contributed by atoms with Gasteiger partial charge in [0.15, 0.2) is 17.6 Å². The van der Waals surface area contributed by atoms with Gasteiger partial charge in [0.1, 0.15) is 6.10 Å². The Morgan fingerprint density at radius 3 is 2.77 bits per heavy atom. The summed E-state index contributed by atoms with van der Waals surface area (Å²) < 4.78 is 16.3. The number of rotatable bonds is 6. The number of carbonyl (C=O) groups is 1. The van der Waals surface area contributed by atoms with Crippen molar-refractivity contribution in [2.75, 3.05) is 25.2 Å². The maximum atomic E-state index is 11.8. The molecule has 6 heteroatoms. The molecule has 1 aliphatic heterocycles. The van der Waals surface area contributed by atoms with Crippen LogP contribution in [0.3, 0.4) is 0 Å². The molecule has 122 valence electrons. The Hall–Kier alpha value is -1.40. The summed E-state index contributed by atoms with van der Waals surface area (Å²) in [5.74, 6) is 2.37. The van der Waals surface area contributed by atoms with Crippen molar-refractivity contribution in [3.8, 4) is 11.5 Å². The van der Waals surface area contributed by atoms with E-state index in [-0.39, 0.29) is 12.7 Å². The van der Waals surface area contributed by atoms with Gasteiger partial charge in [-0.05, 0) is 37.3 Å². The van der Waals surface area contributed by atoms with Crippen molar-refractivity contribution in [2.45, 2.75) is 32.0 Å². The summed E-state index contributed by atoms with van der Waals surface area (Å²) in [6.07, 6.45) is 0.587. The average Bonchev–Trinajstić information content (AvgIpc) is 2.55. The van der Waals surface area contributed by atoms with Crippen molar-refractivity contribution < 1.29 is 24.1 Å². The molecule has 0 amide bonds. The number of hydrogen-bond donors (Lipinski definition) is 1. The number of aliphatic hydroxyl groups is 1. The van der Waals surface area contributed by atoms with E-state index in [9.17, 15) is 9.90 Å². The van der Waals surface area contributed by atoms with Crippen LogP contribution in [-0.4, -0.2) is 42.4 Å². The largest absolute Gasteiger partial charge is 0.493 e. The molecule has 0 saturated carbocycles. The summed E-state index contributed by atoms with van der Waals surface area (Å²) in [6, 6.07) is 5.14. The van der Waals surface area contributed by atoms with E-state index in [1.165, 1.54) is 0 Å². The first-order valence-corrected chi connectivity index (χ1v) is 8.58. The van der Waals surface area contributed by atoms with Gasteiger partial charge in [-0.2, -0.15) is 11.8 Å². The van der Waals surface area contributed by atoms with E-state index in [2.05, 4.69) is 0 Å². The van der Waals surface area contributed by atoms with Crippen LogP contribution in [0.5, 0.6) is 11.5 Å². The van der Waals surface area contributed by atoms with E-state index in [4.69, 9.17) is 14.2 Å². The van der Waals surface area contributed by atoms with Gasteiger partial charge >= 0.3 is 5.97 Å². The fourth-order valence-corrected chi connectivity index (χ4v) is 3.41. The quantitative estimate of drug-likeness (QED) is 0.811. The molecule has 1 aliphatic rings. The van der Waals surface area contributed by atoms with E-state index < -0.39 is 12.1 Å². The van der Waals surface area contributed by atoms with Crippen LogP contribution in [-0.2, 0) is 9.53 Å². The molecule has 1 fully saturated rings. The number of thioether (sulfide) groups is 1. The van der Waals surface area contributed by atoms with Gasteiger partial charge in [0, 0.05) is 5.56 Å². The lowest BCUT2D eigenvalue weighted by atomic mass is 10.1. The first kappa shape index (κ1) is 17.0. The minimum Gasteiger partial charge on any atom is -0.493 e. The van der Waals surface area contributed by atoms with Gasteiger partial charge in [0.2, 0.25) is 0 Å². The van der Waals surface area contributed by atoms with E-state index >= 15 is 0 Å². The molecule has 1 saturated heterocycles. The molecule has 0 radical (unpaired) electrons. The molecule has 1 aromatic carbocycles. The molecule has 1 N–H and O–H groups in total. The number of aliphatic hydroxyl groups excluding tert-OH is 1. The first-order valence-electron chi connectivity index (χ1n) is 7.43. The van der Waals surface area contributed by atoms with Crippen molar-refractivity contribution in [1.82, 2.24) is 0 Å². The maximum Gasteiger partial charge on any atom is 0.339 e. The summed E-state index contributed by atoms with van der Waals surface area (Å²) in [4.78, 5) is 11.8. The highest BCUT2D eigenvalue weighted by molar-refractivity contribution is 7.99. The number of ether oxygens (including phenoxy) is 3. The van der Waals surface area contributed by atoms with Gasteiger partial charge < -0.3 is 19.3 Å². The van der Waals surface area contributed by atoms with Crippen molar-refractivity contribution in [3.05, 3.63) is 23.8 Å². The third kappa shape index (κ3) is 4.08. The van der Waals surface area contributed by atoms with Crippen LogP contribution >= 0.6 is 11.8 Å². The van der Waals surface area contributed by atoms with Gasteiger partial charge in [-0.1, -0.05) is 12.1 Å². The summed E-state index contributed by atoms with van der Waals surface area (Å²) in [5.41, 5.74) is 0.385. The van der Waals surface area contributed by atoms with E-state index in [1.54, 1.807) is 32.2 Å². The average molecular weight is 326 g/mol. The van der Waals surface area contributed by atoms with Crippen LogP contribution in [0.4, 0.5) is 0 Å². The number of carbonyl (C=O) groups excluding carboxylic acids is 1. The van der Waals surface area contributed by atoms with Crippen LogP contribution in [0.2, 0.25) is 0 Å². The summed E-state index contributed by atoms with van der Waals surface area (Å²) in [5, 5.41) is 10.2. The lowest BCUT2D eigenvalue weighted by Crippen LogP contribution is -2.24. The van der Waals surface area contributed by atoms with E-state index in [1.807, 2.05) is 11.8 Å². The minimum absolute atomic E-state index is 0.0747. The zero-order valence-electron chi connectivity index (χ0n) is 12.9. The highest BCUT2D eigenvalue weighted by atomic mass is 32.2. The lowest BCUT2D eigenvalue weighted by Gasteiger charge is -2.26. The molecule has 1 atom stereocenters. The zero-order valence-corrected chi connectivity index (χ0v) is 13.7. The molecule has 0 bridgehead atoms. The van der Waals surface area contributed by atoms with Crippen LogP contribution in [0.15, 0.2) is 18.2 Å². The molecule has 0 aliphatic carbocycles. The van der Waals surface area contributed by atoms with Crippen molar-refractivity contribution in [2.24, 2.45) is 0 Å². The van der Waals surface area contributed by atoms with Gasteiger partial charge in [-0.15, -0.1) is 0 Å². The number of hydrogen-bond acceptors (Lipinski definition) is 6. The predicted octanol–water partition coefficient (Wildman–Crippen LogP) is 2.57. The minimum atomic E-state index is -1.37. The zero-order chi connectivity index (χ0) is 15.9. The standard InChI is InChI=1S/C16H22O5S/c1-3-20-16(18)14(17)12-5-4-6-13(19-2)15(12)21-11-7-9-22-10-8-11/h4-6,11,14,17H,3,7-10H2,1-2H3. The van der Waals surface area contributed by atoms with Gasteiger partial charge in [0.25, 0.3) is 0 Å².